The second kappa shape index (κ2) is 7.20. The van der Waals surface area contributed by atoms with E-state index in [9.17, 15) is 4.79 Å². The Hall–Kier alpha value is -2.17. The van der Waals surface area contributed by atoms with Gasteiger partial charge in [0.1, 0.15) is 0 Å². The first kappa shape index (κ1) is 16.2. The number of nitrogens with zero attached hydrogens (tertiary/aromatic N) is 1. The molecule has 2 aromatic carbocycles. The number of carbonyl (C=O) groups excluding carboxylic acids is 1. The van der Waals surface area contributed by atoms with Gasteiger partial charge in [0, 0.05) is 24.3 Å². The molecule has 3 N–H and O–H groups in total. The van der Waals surface area contributed by atoms with E-state index in [0.717, 1.165) is 23.4 Å². The van der Waals surface area contributed by atoms with Crippen molar-refractivity contribution in [3.8, 4) is 0 Å². The standard InChI is InChI=1S/C18H23N3O/c1-13-4-5-15(12-21(2)3)10-17(13)20-18(22)16-8-6-14(11-19)7-9-16/h4-10H,11-12,19H2,1-3H3,(H,20,22). The van der Waals surface area contributed by atoms with Gasteiger partial charge in [0.15, 0.2) is 0 Å². The molecule has 0 aromatic heterocycles. The van der Waals surface area contributed by atoms with Gasteiger partial charge in [-0.05, 0) is 55.9 Å². The molecule has 0 unspecified atom stereocenters. The van der Waals surface area contributed by atoms with Crippen LogP contribution in [0.4, 0.5) is 5.69 Å². The topological polar surface area (TPSA) is 58.4 Å². The molecule has 2 rings (SSSR count). The Bertz CT molecular complexity index is 648. The van der Waals surface area contributed by atoms with Crippen LogP contribution in [-0.2, 0) is 13.1 Å². The third-order valence-corrected chi connectivity index (χ3v) is 3.50. The number of aryl methyl sites for hydroxylation is 1. The fraction of sp³-hybridized carbons (Fsp3) is 0.278. The van der Waals surface area contributed by atoms with Gasteiger partial charge in [-0.3, -0.25) is 4.79 Å². The van der Waals surface area contributed by atoms with Crippen molar-refractivity contribution in [3.05, 3.63) is 64.7 Å². The highest BCUT2D eigenvalue weighted by Gasteiger charge is 2.08. The summed E-state index contributed by atoms with van der Waals surface area (Å²) in [5.74, 6) is -0.103. The van der Waals surface area contributed by atoms with Gasteiger partial charge in [-0.15, -0.1) is 0 Å². The number of nitrogens with two attached hydrogens (primary N) is 1. The van der Waals surface area contributed by atoms with E-state index in [1.165, 1.54) is 5.56 Å². The zero-order valence-corrected chi connectivity index (χ0v) is 13.4. The van der Waals surface area contributed by atoms with Gasteiger partial charge in [0.05, 0.1) is 0 Å². The first-order valence-corrected chi connectivity index (χ1v) is 7.34. The minimum atomic E-state index is -0.103. The van der Waals surface area contributed by atoms with Gasteiger partial charge in [0.2, 0.25) is 0 Å². The summed E-state index contributed by atoms with van der Waals surface area (Å²) in [4.78, 5) is 14.4. The van der Waals surface area contributed by atoms with Crippen molar-refractivity contribution in [1.29, 1.82) is 0 Å². The molecule has 22 heavy (non-hydrogen) atoms. The molecular formula is C18H23N3O. The summed E-state index contributed by atoms with van der Waals surface area (Å²) >= 11 is 0. The van der Waals surface area contributed by atoms with E-state index in [4.69, 9.17) is 5.73 Å². The summed E-state index contributed by atoms with van der Waals surface area (Å²) in [6.45, 7) is 3.31. The molecule has 0 heterocycles. The molecule has 4 heteroatoms. The van der Waals surface area contributed by atoms with Crippen LogP contribution in [0.1, 0.15) is 27.0 Å². The van der Waals surface area contributed by atoms with E-state index in [1.54, 1.807) is 12.1 Å². The van der Waals surface area contributed by atoms with Crippen LogP contribution in [0.5, 0.6) is 0 Å². The van der Waals surface area contributed by atoms with Crippen LogP contribution in [-0.4, -0.2) is 24.9 Å². The van der Waals surface area contributed by atoms with Crippen molar-refractivity contribution in [3.63, 3.8) is 0 Å². The average Bonchev–Trinajstić information content (AvgIpc) is 2.50. The maximum Gasteiger partial charge on any atom is 0.255 e. The number of amides is 1. The summed E-state index contributed by atoms with van der Waals surface area (Å²) in [5.41, 5.74) is 10.3. The number of hydrogen-bond acceptors (Lipinski definition) is 3. The number of hydrogen-bond donors (Lipinski definition) is 2. The Morgan fingerprint density at radius 2 is 1.73 bits per heavy atom. The van der Waals surface area contributed by atoms with Crippen LogP contribution in [0.25, 0.3) is 0 Å². The molecule has 0 bridgehead atoms. The lowest BCUT2D eigenvalue weighted by atomic mass is 10.1. The maximum atomic E-state index is 12.3. The molecule has 2 aromatic rings. The van der Waals surface area contributed by atoms with Crippen LogP contribution >= 0.6 is 0 Å². The Morgan fingerprint density at radius 3 is 2.32 bits per heavy atom. The van der Waals surface area contributed by atoms with Crippen LogP contribution in [0.2, 0.25) is 0 Å². The van der Waals surface area contributed by atoms with Crippen molar-refractivity contribution in [2.75, 3.05) is 19.4 Å². The Balaban J connectivity index is 2.16. The molecule has 0 aliphatic carbocycles. The maximum absolute atomic E-state index is 12.3. The number of nitrogens with one attached hydrogen (secondary N) is 1. The predicted molar refractivity (Wildman–Crippen MR) is 90.9 cm³/mol. The first-order chi connectivity index (χ1) is 10.5. The summed E-state index contributed by atoms with van der Waals surface area (Å²) in [5, 5.41) is 2.99. The fourth-order valence-corrected chi connectivity index (χ4v) is 2.25. The second-order valence-electron chi connectivity index (χ2n) is 5.74. The third kappa shape index (κ3) is 4.16. The van der Waals surface area contributed by atoms with Crippen molar-refractivity contribution >= 4 is 11.6 Å². The van der Waals surface area contributed by atoms with Gasteiger partial charge >= 0.3 is 0 Å². The quantitative estimate of drug-likeness (QED) is 0.892. The largest absolute Gasteiger partial charge is 0.326 e. The molecule has 0 atom stereocenters. The summed E-state index contributed by atoms with van der Waals surface area (Å²) < 4.78 is 0. The van der Waals surface area contributed by atoms with Gasteiger partial charge in [-0.2, -0.15) is 0 Å². The Labute approximate surface area is 131 Å². The van der Waals surface area contributed by atoms with E-state index < -0.39 is 0 Å². The van der Waals surface area contributed by atoms with Gasteiger partial charge in [-0.1, -0.05) is 24.3 Å². The third-order valence-electron chi connectivity index (χ3n) is 3.50. The smallest absolute Gasteiger partial charge is 0.255 e. The van der Waals surface area contributed by atoms with E-state index >= 15 is 0 Å². The number of carbonyl (C=O) groups is 1. The van der Waals surface area contributed by atoms with E-state index in [-0.39, 0.29) is 5.91 Å². The summed E-state index contributed by atoms with van der Waals surface area (Å²) in [6, 6.07) is 13.5. The summed E-state index contributed by atoms with van der Waals surface area (Å²) in [6.07, 6.45) is 0. The molecule has 4 nitrogen and oxygen atoms in total. The highest BCUT2D eigenvalue weighted by Crippen LogP contribution is 2.19. The molecular weight excluding hydrogens is 274 g/mol. The van der Waals surface area contributed by atoms with E-state index in [0.29, 0.717) is 12.1 Å². The average molecular weight is 297 g/mol. The zero-order chi connectivity index (χ0) is 16.1. The molecule has 0 fully saturated rings. The molecule has 0 saturated carbocycles. The minimum Gasteiger partial charge on any atom is -0.326 e. The zero-order valence-electron chi connectivity index (χ0n) is 13.4. The SMILES string of the molecule is Cc1ccc(CN(C)C)cc1NC(=O)c1ccc(CN)cc1. The normalized spacial score (nSPS) is 10.8. The van der Waals surface area contributed by atoms with Gasteiger partial charge in [0.25, 0.3) is 5.91 Å². The minimum absolute atomic E-state index is 0.103. The molecule has 0 saturated heterocycles. The van der Waals surface area contributed by atoms with Crippen molar-refractivity contribution in [1.82, 2.24) is 4.90 Å². The van der Waals surface area contributed by atoms with Crippen molar-refractivity contribution < 1.29 is 4.79 Å². The summed E-state index contributed by atoms with van der Waals surface area (Å²) in [7, 11) is 4.05. The number of rotatable bonds is 5. The highest BCUT2D eigenvalue weighted by atomic mass is 16.1. The Morgan fingerprint density at radius 1 is 1.09 bits per heavy atom. The number of benzene rings is 2. The molecule has 1 amide bonds. The first-order valence-electron chi connectivity index (χ1n) is 7.34. The number of anilines is 1. The Kier molecular flexibility index (Phi) is 5.31. The lowest BCUT2D eigenvalue weighted by Gasteiger charge is -2.14. The van der Waals surface area contributed by atoms with Gasteiger partial charge in [-0.25, -0.2) is 0 Å². The van der Waals surface area contributed by atoms with Crippen LogP contribution in [0.3, 0.4) is 0 Å². The molecule has 0 aliphatic heterocycles. The van der Waals surface area contributed by atoms with Crippen LogP contribution in [0.15, 0.2) is 42.5 Å². The molecule has 116 valence electrons. The molecule has 0 aliphatic rings. The highest BCUT2D eigenvalue weighted by molar-refractivity contribution is 6.04. The van der Waals surface area contributed by atoms with Crippen LogP contribution < -0.4 is 11.1 Å². The fourth-order valence-electron chi connectivity index (χ4n) is 2.25. The van der Waals surface area contributed by atoms with Crippen molar-refractivity contribution in [2.45, 2.75) is 20.0 Å². The molecule has 0 radical (unpaired) electrons. The van der Waals surface area contributed by atoms with Crippen LogP contribution in [0, 0.1) is 6.92 Å². The monoisotopic (exact) mass is 297 g/mol. The second-order valence-corrected chi connectivity index (χ2v) is 5.74. The lowest BCUT2D eigenvalue weighted by molar-refractivity contribution is 0.102. The van der Waals surface area contributed by atoms with E-state index in [1.807, 2.05) is 45.3 Å². The van der Waals surface area contributed by atoms with Gasteiger partial charge < -0.3 is 16.0 Å². The van der Waals surface area contributed by atoms with E-state index in [2.05, 4.69) is 16.3 Å². The van der Waals surface area contributed by atoms with Crippen molar-refractivity contribution in [2.24, 2.45) is 5.73 Å². The molecule has 0 spiro atoms. The lowest BCUT2D eigenvalue weighted by Crippen LogP contribution is -2.14. The predicted octanol–water partition coefficient (Wildman–Crippen LogP) is 2.77.